The highest BCUT2D eigenvalue weighted by Gasteiger charge is 2.20. The molecule has 1 aromatic carbocycles. The van der Waals surface area contributed by atoms with Crippen molar-refractivity contribution in [2.45, 2.75) is 32.6 Å². The Morgan fingerprint density at radius 3 is 2.33 bits per heavy atom. The van der Waals surface area contributed by atoms with Crippen molar-refractivity contribution in [1.29, 1.82) is 0 Å². The number of carbonyl (C=O) groups excluding carboxylic acids is 1. The maximum atomic E-state index is 13.5. The molecule has 1 saturated carbocycles. The summed E-state index contributed by atoms with van der Waals surface area (Å²) in [5.74, 6) is 3.99. The molecule has 0 unspecified atom stereocenters. The van der Waals surface area contributed by atoms with E-state index in [4.69, 9.17) is 5.84 Å². The molecule has 21 heavy (non-hydrogen) atoms. The highest BCUT2D eigenvalue weighted by Crippen LogP contribution is 2.27. The summed E-state index contributed by atoms with van der Waals surface area (Å²) in [5.41, 5.74) is 1.46. The van der Waals surface area contributed by atoms with Crippen LogP contribution in [0.5, 0.6) is 0 Å². The van der Waals surface area contributed by atoms with Crippen LogP contribution in [0.15, 0.2) is 12.1 Å². The summed E-state index contributed by atoms with van der Waals surface area (Å²) in [7, 11) is 0. The van der Waals surface area contributed by atoms with Gasteiger partial charge in [0.25, 0.3) is 5.91 Å². The van der Waals surface area contributed by atoms with Crippen molar-refractivity contribution in [3.63, 3.8) is 0 Å². The zero-order chi connectivity index (χ0) is 15.4. The molecule has 0 bridgehead atoms. The molecule has 0 radical (unpaired) electrons. The van der Waals surface area contributed by atoms with Crippen molar-refractivity contribution < 1.29 is 13.6 Å². The number of nitrogen functional groups attached to an aromatic ring is 1. The fraction of sp³-hybridized carbons (Fsp3) is 0.533. The summed E-state index contributed by atoms with van der Waals surface area (Å²) >= 11 is 0. The first-order valence-corrected chi connectivity index (χ1v) is 7.25. The van der Waals surface area contributed by atoms with Gasteiger partial charge in [0.1, 0.15) is 5.69 Å². The number of hydrogen-bond donors (Lipinski definition) is 3. The van der Waals surface area contributed by atoms with E-state index >= 15 is 0 Å². The van der Waals surface area contributed by atoms with Crippen LogP contribution in [0.3, 0.4) is 0 Å². The molecule has 2 rings (SSSR count). The minimum atomic E-state index is -0.880. The molecule has 4 nitrogen and oxygen atoms in total. The van der Waals surface area contributed by atoms with Gasteiger partial charge in [-0.05, 0) is 36.8 Å². The molecule has 1 fully saturated rings. The molecule has 1 amide bonds. The second-order valence-corrected chi connectivity index (χ2v) is 5.80. The molecular weight excluding hydrogens is 276 g/mol. The van der Waals surface area contributed by atoms with Crippen molar-refractivity contribution in [3.05, 3.63) is 29.3 Å². The van der Waals surface area contributed by atoms with E-state index in [9.17, 15) is 13.6 Å². The van der Waals surface area contributed by atoms with E-state index in [0.29, 0.717) is 12.5 Å². The molecule has 1 aliphatic carbocycles. The summed E-state index contributed by atoms with van der Waals surface area (Å²) in [6.07, 6.45) is 4.50. The third-order valence-electron chi connectivity index (χ3n) is 4.14. The molecule has 6 heteroatoms. The molecule has 1 aromatic rings. The Morgan fingerprint density at radius 1 is 1.24 bits per heavy atom. The van der Waals surface area contributed by atoms with E-state index in [0.717, 1.165) is 30.9 Å². The summed E-state index contributed by atoms with van der Waals surface area (Å²) in [6, 6.07) is 1.97. The number of benzene rings is 1. The number of carbonyl (C=O) groups is 1. The Labute approximate surface area is 123 Å². The van der Waals surface area contributed by atoms with Crippen LogP contribution in [0.4, 0.5) is 14.5 Å². The fourth-order valence-electron chi connectivity index (χ4n) is 2.71. The number of rotatable bonds is 4. The van der Waals surface area contributed by atoms with Gasteiger partial charge in [-0.25, -0.2) is 8.78 Å². The summed E-state index contributed by atoms with van der Waals surface area (Å²) in [4.78, 5) is 12.0. The van der Waals surface area contributed by atoms with Crippen LogP contribution in [0.25, 0.3) is 0 Å². The quantitative estimate of drug-likeness (QED) is 0.591. The van der Waals surface area contributed by atoms with E-state index in [1.165, 1.54) is 12.8 Å². The molecule has 0 spiro atoms. The Kier molecular flexibility index (Phi) is 5.12. The van der Waals surface area contributed by atoms with Crippen molar-refractivity contribution in [2.24, 2.45) is 17.7 Å². The molecule has 0 atom stereocenters. The zero-order valence-electron chi connectivity index (χ0n) is 12.1. The normalized spacial score (nSPS) is 21.9. The van der Waals surface area contributed by atoms with Crippen molar-refractivity contribution in [2.75, 3.05) is 12.0 Å². The summed E-state index contributed by atoms with van der Waals surface area (Å²) in [5, 5.41) is 2.75. The molecule has 0 saturated heterocycles. The molecular formula is C15H21F2N3O. The Bertz CT molecular complexity index is 491. The van der Waals surface area contributed by atoms with Gasteiger partial charge in [0, 0.05) is 12.1 Å². The molecule has 0 aromatic heterocycles. The second-order valence-electron chi connectivity index (χ2n) is 5.80. The molecule has 4 N–H and O–H groups in total. The van der Waals surface area contributed by atoms with Gasteiger partial charge in [-0.2, -0.15) is 0 Å². The Balaban J connectivity index is 1.94. The van der Waals surface area contributed by atoms with Crippen molar-refractivity contribution in [3.8, 4) is 0 Å². The van der Waals surface area contributed by atoms with Gasteiger partial charge < -0.3 is 10.7 Å². The second kappa shape index (κ2) is 6.85. The van der Waals surface area contributed by atoms with Crippen LogP contribution in [-0.2, 0) is 0 Å². The summed E-state index contributed by atoms with van der Waals surface area (Å²) < 4.78 is 27.1. The third kappa shape index (κ3) is 3.91. The predicted molar refractivity (Wildman–Crippen MR) is 77.6 cm³/mol. The summed E-state index contributed by atoms with van der Waals surface area (Å²) in [6.45, 7) is 2.78. The lowest BCUT2D eigenvalue weighted by Gasteiger charge is -2.26. The number of nitrogens with one attached hydrogen (secondary N) is 2. The molecule has 116 valence electrons. The highest BCUT2D eigenvalue weighted by atomic mass is 19.1. The van der Waals surface area contributed by atoms with Gasteiger partial charge in [-0.15, -0.1) is 0 Å². The van der Waals surface area contributed by atoms with Crippen LogP contribution < -0.4 is 16.6 Å². The Morgan fingerprint density at radius 2 is 1.81 bits per heavy atom. The lowest BCUT2D eigenvalue weighted by Crippen LogP contribution is -2.31. The first-order valence-electron chi connectivity index (χ1n) is 7.25. The van der Waals surface area contributed by atoms with E-state index in [-0.39, 0.29) is 5.56 Å². The third-order valence-corrected chi connectivity index (χ3v) is 4.14. The van der Waals surface area contributed by atoms with Crippen molar-refractivity contribution in [1.82, 2.24) is 5.32 Å². The van der Waals surface area contributed by atoms with Crippen LogP contribution in [0.2, 0.25) is 0 Å². The van der Waals surface area contributed by atoms with Gasteiger partial charge in [-0.3, -0.25) is 10.6 Å². The largest absolute Gasteiger partial charge is 0.352 e. The van der Waals surface area contributed by atoms with Gasteiger partial charge in [0.15, 0.2) is 11.6 Å². The number of nitrogens with two attached hydrogens (primary N) is 1. The SMILES string of the molecule is CC1CCC(CNC(=O)c2cc(F)c(NN)c(F)c2)CC1. The minimum Gasteiger partial charge on any atom is -0.352 e. The maximum absolute atomic E-state index is 13.5. The Hall–Kier alpha value is -1.69. The van der Waals surface area contributed by atoms with Crippen LogP contribution in [0, 0.1) is 23.5 Å². The lowest BCUT2D eigenvalue weighted by molar-refractivity contribution is 0.0941. The van der Waals surface area contributed by atoms with Crippen LogP contribution in [0.1, 0.15) is 43.0 Å². The fourth-order valence-corrected chi connectivity index (χ4v) is 2.71. The molecule has 0 aliphatic heterocycles. The number of hydrogen-bond acceptors (Lipinski definition) is 3. The standard InChI is InChI=1S/C15H21F2N3O/c1-9-2-4-10(5-3-9)8-19-15(21)11-6-12(16)14(20-18)13(17)7-11/h6-7,9-10,20H,2-5,8,18H2,1H3,(H,19,21). The number of anilines is 1. The van der Waals surface area contributed by atoms with Crippen LogP contribution >= 0.6 is 0 Å². The average molecular weight is 297 g/mol. The van der Waals surface area contributed by atoms with E-state index in [2.05, 4.69) is 12.2 Å². The van der Waals surface area contributed by atoms with Crippen LogP contribution in [-0.4, -0.2) is 12.5 Å². The predicted octanol–water partition coefficient (Wildman–Crippen LogP) is 2.81. The number of amides is 1. The lowest BCUT2D eigenvalue weighted by atomic mass is 9.83. The van der Waals surface area contributed by atoms with Gasteiger partial charge in [0.05, 0.1) is 0 Å². The first kappa shape index (κ1) is 15.7. The zero-order valence-corrected chi connectivity index (χ0v) is 12.1. The smallest absolute Gasteiger partial charge is 0.251 e. The van der Waals surface area contributed by atoms with Crippen molar-refractivity contribution >= 4 is 11.6 Å². The van der Waals surface area contributed by atoms with E-state index in [1.807, 2.05) is 5.43 Å². The van der Waals surface area contributed by atoms with Gasteiger partial charge >= 0.3 is 0 Å². The molecule has 1 aliphatic rings. The maximum Gasteiger partial charge on any atom is 0.251 e. The van der Waals surface area contributed by atoms with E-state index in [1.54, 1.807) is 0 Å². The first-order chi connectivity index (χ1) is 10.0. The number of halogens is 2. The van der Waals surface area contributed by atoms with E-state index < -0.39 is 23.2 Å². The average Bonchev–Trinajstić information content (AvgIpc) is 2.46. The van der Waals surface area contributed by atoms with Gasteiger partial charge in [0.2, 0.25) is 0 Å². The monoisotopic (exact) mass is 297 g/mol. The van der Waals surface area contributed by atoms with Gasteiger partial charge in [-0.1, -0.05) is 19.8 Å². The topological polar surface area (TPSA) is 67.2 Å². The highest BCUT2D eigenvalue weighted by molar-refractivity contribution is 5.94. The molecule has 0 heterocycles. The number of hydrazine groups is 1. The minimum absolute atomic E-state index is 0.0341.